The van der Waals surface area contributed by atoms with Gasteiger partial charge in [0.25, 0.3) is 5.69 Å². The van der Waals surface area contributed by atoms with Gasteiger partial charge in [-0.3, -0.25) is 10.1 Å². The largest absolute Gasteiger partial charge is 0.478 e. The van der Waals surface area contributed by atoms with E-state index in [2.05, 4.69) is 5.32 Å². The summed E-state index contributed by atoms with van der Waals surface area (Å²) in [6, 6.07) is 3.54. The van der Waals surface area contributed by atoms with Crippen LogP contribution >= 0.6 is 0 Å². The third kappa shape index (κ3) is 4.42. The molecule has 0 amide bonds. The normalized spacial score (nSPS) is 12.2. The minimum atomic E-state index is -1.16. The Morgan fingerprint density at radius 1 is 1.38 bits per heavy atom. The van der Waals surface area contributed by atoms with Crippen LogP contribution in [0.25, 0.3) is 0 Å². The molecule has 1 aromatic carbocycles. The first kappa shape index (κ1) is 16.9. The number of hydrogen-bond donors (Lipinski definition) is 3. The second kappa shape index (κ2) is 7.58. The summed E-state index contributed by atoms with van der Waals surface area (Å²) in [5.74, 6) is -1.06. The predicted molar refractivity (Wildman–Crippen MR) is 78.6 cm³/mol. The van der Waals surface area contributed by atoms with Crippen LogP contribution in [0.1, 0.15) is 37.0 Å². The van der Waals surface area contributed by atoms with E-state index in [-0.39, 0.29) is 29.4 Å². The van der Waals surface area contributed by atoms with Crippen LogP contribution in [0.15, 0.2) is 18.2 Å². The van der Waals surface area contributed by atoms with Crippen molar-refractivity contribution in [1.82, 2.24) is 0 Å². The van der Waals surface area contributed by atoms with Crippen LogP contribution in [0.4, 0.5) is 11.4 Å². The number of carboxylic acids is 1. The zero-order valence-electron chi connectivity index (χ0n) is 12.1. The molecule has 3 N–H and O–H groups in total. The quantitative estimate of drug-likeness (QED) is 0.502. The van der Waals surface area contributed by atoms with Gasteiger partial charge in [0.2, 0.25) is 0 Å². The minimum Gasteiger partial charge on any atom is -0.478 e. The number of hydrogen-bond acceptors (Lipinski definition) is 5. The van der Waals surface area contributed by atoms with Crippen LogP contribution < -0.4 is 5.32 Å². The highest BCUT2D eigenvalue weighted by atomic mass is 16.6. The third-order valence-electron chi connectivity index (χ3n) is 3.53. The van der Waals surface area contributed by atoms with Gasteiger partial charge in [0.05, 0.1) is 16.6 Å². The maximum atomic E-state index is 10.9. The SMILES string of the molecule is CCC(CC)C(O)CNc1cc(C(=O)O)ccc1[N+](=O)[O-]. The molecule has 1 unspecified atom stereocenters. The van der Waals surface area contributed by atoms with E-state index in [1.165, 1.54) is 12.1 Å². The van der Waals surface area contributed by atoms with Gasteiger partial charge in [-0.15, -0.1) is 0 Å². The topological polar surface area (TPSA) is 113 Å². The molecule has 1 rings (SSSR count). The molecule has 116 valence electrons. The van der Waals surface area contributed by atoms with Gasteiger partial charge < -0.3 is 15.5 Å². The number of aliphatic hydroxyl groups is 1. The Kier molecular flexibility index (Phi) is 6.10. The molecule has 0 radical (unpaired) electrons. The number of aromatic carboxylic acids is 1. The fourth-order valence-electron chi connectivity index (χ4n) is 2.18. The number of nitro groups is 1. The molecule has 0 spiro atoms. The molecule has 1 atom stereocenters. The first-order valence-corrected chi connectivity index (χ1v) is 6.84. The summed E-state index contributed by atoms with van der Waals surface area (Å²) in [6.07, 6.45) is 0.959. The highest BCUT2D eigenvalue weighted by Gasteiger charge is 2.19. The molecule has 0 aliphatic rings. The van der Waals surface area contributed by atoms with Crippen molar-refractivity contribution < 1.29 is 19.9 Å². The zero-order valence-corrected chi connectivity index (χ0v) is 12.1. The number of benzene rings is 1. The summed E-state index contributed by atoms with van der Waals surface area (Å²) in [7, 11) is 0. The highest BCUT2D eigenvalue weighted by molar-refractivity contribution is 5.90. The van der Waals surface area contributed by atoms with E-state index in [4.69, 9.17) is 5.11 Å². The van der Waals surface area contributed by atoms with Crippen LogP contribution in [0.3, 0.4) is 0 Å². The van der Waals surface area contributed by atoms with Crippen molar-refractivity contribution >= 4 is 17.3 Å². The van der Waals surface area contributed by atoms with Gasteiger partial charge in [-0.1, -0.05) is 26.7 Å². The van der Waals surface area contributed by atoms with E-state index in [1.54, 1.807) is 0 Å². The van der Waals surface area contributed by atoms with E-state index in [9.17, 15) is 20.0 Å². The number of nitro benzene ring substituents is 1. The predicted octanol–water partition coefficient (Wildman–Crippen LogP) is 2.50. The van der Waals surface area contributed by atoms with E-state index in [0.29, 0.717) is 0 Å². The van der Waals surface area contributed by atoms with Crippen LogP contribution in [0, 0.1) is 16.0 Å². The molecule has 0 saturated heterocycles. The number of carboxylic acid groups (broad SMARTS) is 1. The molecule has 0 fully saturated rings. The van der Waals surface area contributed by atoms with Gasteiger partial charge >= 0.3 is 5.97 Å². The Balaban J connectivity index is 2.92. The molecule has 0 bridgehead atoms. The molecule has 0 heterocycles. The summed E-state index contributed by atoms with van der Waals surface area (Å²) in [6.45, 7) is 4.06. The first-order chi connectivity index (χ1) is 9.90. The maximum Gasteiger partial charge on any atom is 0.335 e. The lowest BCUT2D eigenvalue weighted by atomic mass is 9.96. The van der Waals surface area contributed by atoms with Gasteiger partial charge in [-0.05, 0) is 18.1 Å². The maximum absolute atomic E-state index is 10.9. The van der Waals surface area contributed by atoms with Gasteiger partial charge in [0, 0.05) is 12.6 Å². The fourth-order valence-corrected chi connectivity index (χ4v) is 2.18. The number of nitrogens with one attached hydrogen (secondary N) is 1. The summed E-state index contributed by atoms with van der Waals surface area (Å²) in [4.78, 5) is 21.3. The Bertz CT molecular complexity index is 514. The van der Waals surface area contributed by atoms with Crippen LogP contribution in [-0.4, -0.2) is 33.8 Å². The molecule has 1 aromatic rings. The molecular weight excluding hydrogens is 276 g/mol. The molecule has 0 saturated carbocycles. The number of rotatable bonds is 8. The van der Waals surface area contributed by atoms with Gasteiger partial charge in [0.15, 0.2) is 0 Å². The van der Waals surface area contributed by atoms with Crippen LogP contribution in [0.5, 0.6) is 0 Å². The average Bonchev–Trinajstić information content (AvgIpc) is 2.45. The van der Waals surface area contributed by atoms with Crippen molar-refractivity contribution in [1.29, 1.82) is 0 Å². The molecule has 21 heavy (non-hydrogen) atoms. The lowest BCUT2D eigenvalue weighted by molar-refractivity contribution is -0.384. The van der Waals surface area contributed by atoms with Crippen molar-refractivity contribution in [3.8, 4) is 0 Å². The Morgan fingerprint density at radius 3 is 2.48 bits per heavy atom. The molecule has 0 aromatic heterocycles. The fraction of sp³-hybridized carbons (Fsp3) is 0.500. The Morgan fingerprint density at radius 2 is 2.00 bits per heavy atom. The molecule has 7 heteroatoms. The third-order valence-corrected chi connectivity index (χ3v) is 3.53. The van der Waals surface area contributed by atoms with E-state index >= 15 is 0 Å². The summed E-state index contributed by atoms with van der Waals surface area (Å²) >= 11 is 0. The van der Waals surface area contributed by atoms with Crippen molar-refractivity contribution in [2.75, 3.05) is 11.9 Å². The van der Waals surface area contributed by atoms with Crippen molar-refractivity contribution in [3.05, 3.63) is 33.9 Å². The smallest absolute Gasteiger partial charge is 0.335 e. The molecule has 7 nitrogen and oxygen atoms in total. The van der Waals surface area contributed by atoms with Gasteiger partial charge in [0.1, 0.15) is 5.69 Å². The standard InChI is InChI=1S/C14H20N2O5/c1-3-9(4-2)13(17)8-15-11-7-10(14(18)19)5-6-12(11)16(20)21/h5-7,9,13,15,17H,3-4,8H2,1-2H3,(H,18,19). The summed E-state index contributed by atoms with van der Waals surface area (Å²) < 4.78 is 0. The van der Waals surface area contributed by atoms with Crippen molar-refractivity contribution in [3.63, 3.8) is 0 Å². The molecule has 0 aliphatic carbocycles. The van der Waals surface area contributed by atoms with Gasteiger partial charge in [-0.25, -0.2) is 4.79 Å². The molecule has 0 aliphatic heterocycles. The minimum absolute atomic E-state index is 0.0416. The number of carbonyl (C=O) groups is 1. The number of anilines is 1. The average molecular weight is 296 g/mol. The number of aliphatic hydroxyl groups excluding tert-OH is 1. The zero-order chi connectivity index (χ0) is 16.0. The van der Waals surface area contributed by atoms with E-state index in [0.717, 1.165) is 18.9 Å². The monoisotopic (exact) mass is 296 g/mol. The Hall–Kier alpha value is -2.15. The highest BCUT2D eigenvalue weighted by Crippen LogP contribution is 2.26. The van der Waals surface area contributed by atoms with Crippen LogP contribution in [-0.2, 0) is 0 Å². The second-order valence-electron chi connectivity index (χ2n) is 4.82. The Labute approximate surface area is 122 Å². The van der Waals surface area contributed by atoms with Crippen LogP contribution in [0.2, 0.25) is 0 Å². The summed E-state index contributed by atoms with van der Waals surface area (Å²) in [5, 5.41) is 32.7. The molecular formula is C14H20N2O5. The van der Waals surface area contributed by atoms with E-state index in [1.807, 2.05) is 13.8 Å². The van der Waals surface area contributed by atoms with E-state index < -0.39 is 17.0 Å². The lowest BCUT2D eigenvalue weighted by Crippen LogP contribution is -2.28. The second-order valence-corrected chi connectivity index (χ2v) is 4.82. The first-order valence-electron chi connectivity index (χ1n) is 6.84. The lowest BCUT2D eigenvalue weighted by Gasteiger charge is -2.20. The van der Waals surface area contributed by atoms with Crippen molar-refractivity contribution in [2.24, 2.45) is 5.92 Å². The number of nitrogens with zero attached hydrogens (tertiary/aromatic N) is 1. The van der Waals surface area contributed by atoms with Crippen molar-refractivity contribution in [2.45, 2.75) is 32.8 Å². The summed E-state index contributed by atoms with van der Waals surface area (Å²) in [5.41, 5.74) is -0.151. The van der Waals surface area contributed by atoms with Gasteiger partial charge in [-0.2, -0.15) is 0 Å².